The maximum atomic E-state index is 12.0. The molecule has 3 nitrogen and oxygen atoms in total. The molecular weight excluding hydrogens is 238 g/mol. The minimum absolute atomic E-state index is 0.0571. The highest BCUT2D eigenvalue weighted by molar-refractivity contribution is 6.05. The van der Waals surface area contributed by atoms with Crippen LogP contribution in [0.5, 0.6) is 5.75 Å². The summed E-state index contributed by atoms with van der Waals surface area (Å²) in [6.07, 6.45) is 1.72. The van der Waals surface area contributed by atoms with Gasteiger partial charge in [-0.05, 0) is 42.3 Å². The molecule has 2 aromatic carbocycles. The second-order valence-electron chi connectivity index (χ2n) is 4.30. The Bertz CT molecular complexity index is 615. The fourth-order valence-electron chi connectivity index (χ4n) is 1.72. The number of carbonyl (C=O) groups is 1. The standard InChI is InChI=1S/C16H15NO2/c1-3-12-5-7-13(8-6-12)16(19)17-14-10-11(2)4-9-15(14)18/h3-10,18H,1H2,2H3,(H,17,19). The number of aromatic hydroxyl groups is 1. The van der Waals surface area contributed by atoms with Gasteiger partial charge in [0.2, 0.25) is 0 Å². The van der Waals surface area contributed by atoms with Gasteiger partial charge in [0.05, 0.1) is 5.69 Å². The quantitative estimate of drug-likeness (QED) is 0.821. The van der Waals surface area contributed by atoms with E-state index in [9.17, 15) is 9.90 Å². The number of nitrogens with one attached hydrogen (secondary N) is 1. The smallest absolute Gasteiger partial charge is 0.255 e. The van der Waals surface area contributed by atoms with Gasteiger partial charge in [-0.1, -0.05) is 30.9 Å². The van der Waals surface area contributed by atoms with E-state index in [4.69, 9.17) is 0 Å². The van der Waals surface area contributed by atoms with Crippen molar-refractivity contribution in [2.75, 3.05) is 5.32 Å². The van der Waals surface area contributed by atoms with Crippen molar-refractivity contribution in [2.45, 2.75) is 6.92 Å². The van der Waals surface area contributed by atoms with Gasteiger partial charge in [-0.3, -0.25) is 4.79 Å². The molecule has 0 spiro atoms. The minimum atomic E-state index is -0.253. The van der Waals surface area contributed by atoms with Crippen LogP contribution in [0.1, 0.15) is 21.5 Å². The lowest BCUT2D eigenvalue weighted by Crippen LogP contribution is -2.11. The molecule has 0 heterocycles. The maximum Gasteiger partial charge on any atom is 0.255 e. The van der Waals surface area contributed by atoms with E-state index in [0.29, 0.717) is 11.3 Å². The highest BCUT2D eigenvalue weighted by Gasteiger charge is 2.08. The monoisotopic (exact) mass is 253 g/mol. The van der Waals surface area contributed by atoms with E-state index in [2.05, 4.69) is 11.9 Å². The predicted octanol–water partition coefficient (Wildman–Crippen LogP) is 3.60. The molecule has 19 heavy (non-hydrogen) atoms. The molecule has 0 aromatic heterocycles. The summed E-state index contributed by atoms with van der Waals surface area (Å²) in [6, 6.07) is 12.1. The van der Waals surface area contributed by atoms with E-state index < -0.39 is 0 Å². The molecule has 2 aromatic rings. The molecule has 2 rings (SSSR count). The Labute approximate surface area is 112 Å². The van der Waals surface area contributed by atoms with Gasteiger partial charge >= 0.3 is 0 Å². The average molecular weight is 253 g/mol. The first-order valence-corrected chi connectivity index (χ1v) is 5.93. The average Bonchev–Trinajstić information content (AvgIpc) is 2.43. The number of aryl methyl sites for hydroxylation is 1. The number of phenols is 1. The van der Waals surface area contributed by atoms with Crippen LogP contribution in [-0.4, -0.2) is 11.0 Å². The molecule has 0 unspecified atom stereocenters. The predicted molar refractivity (Wildman–Crippen MR) is 77.3 cm³/mol. The fraction of sp³-hybridized carbons (Fsp3) is 0.0625. The lowest BCUT2D eigenvalue weighted by molar-refractivity contribution is 0.102. The van der Waals surface area contributed by atoms with Crippen LogP contribution in [0.25, 0.3) is 6.08 Å². The molecule has 0 atom stereocenters. The number of carbonyl (C=O) groups excluding carboxylic acids is 1. The zero-order valence-corrected chi connectivity index (χ0v) is 10.7. The van der Waals surface area contributed by atoms with Gasteiger partial charge in [0.1, 0.15) is 5.75 Å². The van der Waals surface area contributed by atoms with E-state index in [0.717, 1.165) is 11.1 Å². The van der Waals surface area contributed by atoms with Gasteiger partial charge in [0, 0.05) is 5.56 Å². The first-order chi connectivity index (χ1) is 9.10. The van der Waals surface area contributed by atoms with Crippen molar-refractivity contribution in [1.82, 2.24) is 0 Å². The van der Waals surface area contributed by atoms with Crippen molar-refractivity contribution < 1.29 is 9.90 Å². The molecule has 0 fully saturated rings. The van der Waals surface area contributed by atoms with Crippen molar-refractivity contribution in [3.05, 3.63) is 65.7 Å². The van der Waals surface area contributed by atoms with E-state index in [1.54, 1.807) is 36.4 Å². The first kappa shape index (κ1) is 12.9. The van der Waals surface area contributed by atoms with Crippen LogP contribution in [0.3, 0.4) is 0 Å². The van der Waals surface area contributed by atoms with Crippen molar-refractivity contribution in [2.24, 2.45) is 0 Å². The van der Waals surface area contributed by atoms with Crippen LogP contribution < -0.4 is 5.32 Å². The van der Waals surface area contributed by atoms with Crippen molar-refractivity contribution in [1.29, 1.82) is 0 Å². The van der Waals surface area contributed by atoms with Gasteiger partial charge in [-0.15, -0.1) is 0 Å². The maximum absolute atomic E-state index is 12.0. The van der Waals surface area contributed by atoms with Gasteiger partial charge in [-0.25, -0.2) is 0 Å². The summed E-state index contributed by atoms with van der Waals surface area (Å²) in [5.74, 6) is -0.196. The van der Waals surface area contributed by atoms with Crippen LogP contribution in [-0.2, 0) is 0 Å². The summed E-state index contributed by atoms with van der Waals surface area (Å²) < 4.78 is 0. The molecule has 0 aliphatic carbocycles. The molecule has 2 N–H and O–H groups in total. The number of hydrogen-bond acceptors (Lipinski definition) is 2. The Hall–Kier alpha value is -2.55. The van der Waals surface area contributed by atoms with Crippen LogP contribution in [0, 0.1) is 6.92 Å². The van der Waals surface area contributed by atoms with Crippen molar-refractivity contribution in [3.63, 3.8) is 0 Å². The van der Waals surface area contributed by atoms with Crippen LogP contribution in [0.2, 0.25) is 0 Å². The third-order valence-corrected chi connectivity index (χ3v) is 2.81. The van der Waals surface area contributed by atoms with Gasteiger partial charge in [0.15, 0.2) is 0 Å². The number of anilines is 1. The third kappa shape index (κ3) is 3.01. The number of amides is 1. The van der Waals surface area contributed by atoms with E-state index in [-0.39, 0.29) is 11.7 Å². The van der Waals surface area contributed by atoms with Gasteiger partial charge < -0.3 is 10.4 Å². The second kappa shape index (κ2) is 5.40. The number of benzene rings is 2. The molecule has 3 heteroatoms. The Morgan fingerprint density at radius 1 is 1.21 bits per heavy atom. The Kier molecular flexibility index (Phi) is 3.66. The zero-order chi connectivity index (χ0) is 13.8. The van der Waals surface area contributed by atoms with Crippen LogP contribution >= 0.6 is 0 Å². The van der Waals surface area contributed by atoms with E-state index >= 15 is 0 Å². The summed E-state index contributed by atoms with van der Waals surface area (Å²) in [5.41, 5.74) is 2.87. The summed E-state index contributed by atoms with van der Waals surface area (Å²) >= 11 is 0. The summed E-state index contributed by atoms with van der Waals surface area (Å²) in [6.45, 7) is 5.56. The summed E-state index contributed by atoms with van der Waals surface area (Å²) in [7, 11) is 0. The SMILES string of the molecule is C=Cc1ccc(C(=O)Nc2cc(C)ccc2O)cc1. The lowest BCUT2D eigenvalue weighted by atomic mass is 10.1. The first-order valence-electron chi connectivity index (χ1n) is 5.93. The van der Waals surface area contributed by atoms with Crippen molar-refractivity contribution >= 4 is 17.7 Å². The van der Waals surface area contributed by atoms with Gasteiger partial charge in [0.25, 0.3) is 5.91 Å². The molecule has 0 aliphatic heterocycles. The molecule has 96 valence electrons. The minimum Gasteiger partial charge on any atom is -0.506 e. The Morgan fingerprint density at radius 2 is 1.89 bits per heavy atom. The zero-order valence-electron chi connectivity index (χ0n) is 10.7. The molecule has 0 radical (unpaired) electrons. The van der Waals surface area contributed by atoms with E-state index in [1.165, 1.54) is 0 Å². The summed E-state index contributed by atoms with van der Waals surface area (Å²) in [4.78, 5) is 12.0. The Balaban J connectivity index is 2.20. The third-order valence-electron chi connectivity index (χ3n) is 2.81. The molecule has 1 amide bonds. The highest BCUT2D eigenvalue weighted by atomic mass is 16.3. The number of phenolic OH excluding ortho intramolecular Hbond substituents is 1. The fourth-order valence-corrected chi connectivity index (χ4v) is 1.72. The molecule has 0 saturated heterocycles. The Morgan fingerprint density at radius 3 is 2.53 bits per heavy atom. The van der Waals surface area contributed by atoms with Crippen molar-refractivity contribution in [3.8, 4) is 5.75 Å². The number of hydrogen-bond donors (Lipinski definition) is 2. The molecule has 0 aliphatic rings. The largest absolute Gasteiger partial charge is 0.506 e. The van der Waals surface area contributed by atoms with Gasteiger partial charge in [-0.2, -0.15) is 0 Å². The molecule has 0 saturated carbocycles. The topological polar surface area (TPSA) is 49.3 Å². The second-order valence-corrected chi connectivity index (χ2v) is 4.30. The number of rotatable bonds is 3. The molecular formula is C16H15NO2. The van der Waals surface area contributed by atoms with Crippen LogP contribution in [0.4, 0.5) is 5.69 Å². The normalized spacial score (nSPS) is 9.95. The van der Waals surface area contributed by atoms with Crippen LogP contribution in [0.15, 0.2) is 49.0 Å². The molecule has 0 bridgehead atoms. The highest BCUT2D eigenvalue weighted by Crippen LogP contribution is 2.24. The lowest BCUT2D eigenvalue weighted by Gasteiger charge is -2.08. The van der Waals surface area contributed by atoms with E-state index in [1.807, 2.05) is 19.1 Å². The summed E-state index contributed by atoms with van der Waals surface area (Å²) in [5, 5.41) is 12.4.